The molecule has 1 aliphatic rings. The number of carbonyl (C=O) groups is 1. The molecule has 1 amide bonds. The molecule has 3 aromatic rings. The number of rotatable bonds is 7. The fourth-order valence-electron chi connectivity index (χ4n) is 4.02. The van der Waals surface area contributed by atoms with Gasteiger partial charge in [0.2, 0.25) is 17.6 Å². The number of benzene rings is 2. The van der Waals surface area contributed by atoms with Crippen LogP contribution in [0.2, 0.25) is 0 Å². The number of hydrogen-bond donors (Lipinski definition) is 1. The summed E-state index contributed by atoms with van der Waals surface area (Å²) in [6, 6.07) is 15.5. The average molecular weight is 435 g/mol. The van der Waals surface area contributed by atoms with Gasteiger partial charge in [-0.2, -0.15) is 4.98 Å². The number of anilines is 1. The molecule has 1 fully saturated rings. The zero-order valence-electron chi connectivity index (χ0n) is 18.9. The van der Waals surface area contributed by atoms with Crippen molar-refractivity contribution >= 4 is 11.6 Å². The van der Waals surface area contributed by atoms with Crippen LogP contribution in [0.5, 0.6) is 5.75 Å². The molecule has 1 aliphatic heterocycles. The van der Waals surface area contributed by atoms with Crippen LogP contribution in [0.4, 0.5) is 5.69 Å². The molecule has 2 heterocycles. The van der Waals surface area contributed by atoms with Gasteiger partial charge in [0, 0.05) is 12.1 Å². The molecule has 0 radical (unpaired) electrons. The highest BCUT2D eigenvalue weighted by Crippen LogP contribution is 2.27. The second-order valence-corrected chi connectivity index (χ2v) is 8.55. The molecule has 168 valence electrons. The van der Waals surface area contributed by atoms with Gasteiger partial charge in [-0.25, -0.2) is 0 Å². The van der Waals surface area contributed by atoms with Crippen LogP contribution >= 0.6 is 0 Å². The van der Waals surface area contributed by atoms with Crippen molar-refractivity contribution in [3.05, 3.63) is 60.0 Å². The number of hydrogen-bond acceptors (Lipinski definition) is 6. The Bertz CT molecular complexity index is 1060. The minimum atomic E-state index is -0.102. The van der Waals surface area contributed by atoms with Crippen molar-refractivity contribution in [3.8, 4) is 17.1 Å². The molecule has 0 saturated carbocycles. The summed E-state index contributed by atoms with van der Waals surface area (Å²) in [5.74, 6) is 1.78. The molecule has 7 heteroatoms. The van der Waals surface area contributed by atoms with Gasteiger partial charge in [-0.3, -0.25) is 9.69 Å². The van der Waals surface area contributed by atoms with E-state index in [2.05, 4.69) is 20.4 Å². The van der Waals surface area contributed by atoms with Gasteiger partial charge in [0.1, 0.15) is 5.75 Å². The zero-order chi connectivity index (χ0) is 22.5. The minimum Gasteiger partial charge on any atom is -0.489 e. The molecule has 32 heavy (non-hydrogen) atoms. The molecule has 7 nitrogen and oxygen atoms in total. The monoisotopic (exact) mass is 434 g/mol. The lowest BCUT2D eigenvalue weighted by molar-refractivity contribution is -0.121. The van der Waals surface area contributed by atoms with Crippen LogP contribution in [0.1, 0.15) is 38.1 Å². The Morgan fingerprint density at radius 1 is 1.22 bits per heavy atom. The standard InChI is InChI=1S/C25H30N4O3/c1-17(2)31-22-13-7-6-12-21(22)26-25(30)19-10-8-14-29(15-19)16-23-27-24(28-32-23)20-11-5-4-9-18(20)3/h4-7,9,11-13,17,19H,8,10,14-16H2,1-3H3,(H,26,30). The smallest absolute Gasteiger partial charge is 0.241 e. The fourth-order valence-corrected chi connectivity index (χ4v) is 4.02. The summed E-state index contributed by atoms with van der Waals surface area (Å²) in [6.07, 6.45) is 1.84. The van der Waals surface area contributed by atoms with E-state index in [0.29, 0.717) is 36.2 Å². The summed E-state index contributed by atoms with van der Waals surface area (Å²) < 4.78 is 11.3. The van der Waals surface area contributed by atoms with Gasteiger partial charge >= 0.3 is 0 Å². The predicted octanol–water partition coefficient (Wildman–Crippen LogP) is 4.68. The highest BCUT2D eigenvalue weighted by atomic mass is 16.5. The van der Waals surface area contributed by atoms with Crippen LogP contribution in [-0.4, -0.2) is 40.1 Å². The summed E-state index contributed by atoms with van der Waals surface area (Å²) in [4.78, 5) is 19.8. The van der Waals surface area contributed by atoms with Gasteiger partial charge in [-0.15, -0.1) is 0 Å². The van der Waals surface area contributed by atoms with Crippen molar-refractivity contribution in [1.82, 2.24) is 15.0 Å². The lowest BCUT2D eigenvalue weighted by Gasteiger charge is -2.31. The molecule has 2 aromatic carbocycles. The lowest BCUT2D eigenvalue weighted by Crippen LogP contribution is -2.40. The number of piperidine rings is 1. The maximum atomic E-state index is 13.0. The first-order valence-electron chi connectivity index (χ1n) is 11.2. The number of ether oxygens (including phenoxy) is 1. The number of amides is 1. The van der Waals surface area contributed by atoms with E-state index in [1.165, 1.54) is 0 Å². The summed E-state index contributed by atoms with van der Waals surface area (Å²) in [7, 11) is 0. The third-order valence-electron chi connectivity index (χ3n) is 5.60. The number of likely N-dealkylation sites (tertiary alicyclic amines) is 1. The molecule has 1 unspecified atom stereocenters. The van der Waals surface area contributed by atoms with Crippen LogP contribution in [0.15, 0.2) is 53.1 Å². The number of nitrogens with zero attached hydrogens (tertiary/aromatic N) is 3. The highest BCUT2D eigenvalue weighted by molar-refractivity contribution is 5.94. The Kier molecular flexibility index (Phi) is 6.85. The van der Waals surface area contributed by atoms with E-state index in [-0.39, 0.29) is 17.9 Å². The first kappa shape index (κ1) is 22.0. The molecule has 4 rings (SSSR count). The number of carbonyl (C=O) groups excluding carboxylic acids is 1. The second-order valence-electron chi connectivity index (χ2n) is 8.55. The topological polar surface area (TPSA) is 80.5 Å². The van der Waals surface area contributed by atoms with Crippen molar-refractivity contribution in [3.63, 3.8) is 0 Å². The second kappa shape index (κ2) is 9.96. The van der Waals surface area contributed by atoms with E-state index in [1.54, 1.807) is 0 Å². The normalized spacial score (nSPS) is 16.8. The molecular formula is C25H30N4O3. The van der Waals surface area contributed by atoms with E-state index in [9.17, 15) is 4.79 Å². The summed E-state index contributed by atoms with van der Waals surface area (Å²) in [5, 5.41) is 7.21. The number of aryl methyl sites for hydroxylation is 1. The zero-order valence-corrected chi connectivity index (χ0v) is 18.9. The van der Waals surface area contributed by atoms with E-state index < -0.39 is 0 Å². The van der Waals surface area contributed by atoms with E-state index in [4.69, 9.17) is 9.26 Å². The lowest BCUT2D eigenvalue weighted by atomic mass is 9.97. The number of nitrogens with one attached hydrogen (secondary N) is 1. The van der Waals surface area contributed by atoms with Crippen molar-refractivity contribution in [2.24, 2.45) is 5.92 Å². The van der Waals surface area contributed by atoms with E-state index >= 15 is 0 Å². The van der Waals surface area contributed by atoms with Crippen LogP contribution in [-0.2, 0) is 11.3 Å². The van der Waals surface area contributed by atoms with Crippen molar-refractivity contribution < 1.29 is 14.1 Å². The van der Waals surface area contributed by atoms with Crippen LogP contribution < -0.4 is 10.1 Å². The average Bonchev–Trinajstić information content (AvgIpc) is 3.23. The molecular weight excluding hydrogens is 404 g/mol. The Hall–Kier alpha value is -3.19. The summed E-state index contributed by atoms with van der Waals surface area (Å²) >= 11 is 0. The van der Waals surface area contributed by atoms with E-state index in [1.807, 2.05) is 69.3 Å². The van der Waals surface area contributed by atoms with Gasteiger partial charge in [-0.1, -0.05) is 41.6 Å². The SMILES string of the molecule is Cc1ccccc1-c1noc(CN2CCCC(C(=O)Nc3ccccc3OC(C)C)C2)n1. The molecule has 1 saturated heterocycles. The molecule has 1 aromatic heterocycles. The first-order valence-corrected chi connectivity index (χ1v) is 11.2. The third-order valence-corrected chi connectivity index (χ3v) is 5.60. The number of para-hydroxylation sites is 2. The largest absolute Gasteiger partial charge is 0.489 e. The van der Waals surface area contributed by atoms with E-state index in [0.717, 1.165) is 30.5 Å². The first-order chi connectivity index (χ1) is 15.5. The van der Waals surface area contributed by atoms with Gasteiger partial charge in [0.05, 0.1) is 24.3 Å². The maximum Gasteiger partial charge on any atom is 0.241 e. The molecule has 1 atom stereocenters. The molecule has 0 spiro atoms. The maximum absolute atomic E-state index is 13.0. The molecule has 0 aliphatic carbocycles. The Morgan fingerprint density at radius 3 is 2.81 bits per heavy atom. The summed E-state index contributed by atoms with van der Waals surface area (Å²) in [5.41, 5.74) is 2.79. The van der Waals surface area contributed by atoms with Gasteiger partial charge in [0.25, 0.3) is 0 Å². The summed E-state index contributed by atoms with van der Waals surface area (Å²) in [6.45, 7) is 8.07. The fraction of sp³-hybridized carbons (Fsp3) is 0.400. The van der Waals surface area contributed by atoms with Crippen LogP contribution in [0.25, 0.3) is 11.4 Å². The van der Waals surface area contributed by atoms with Crippen LogP contribution in [0, 0.1) is 12.8 Å². The third kappa shape index (κ3) is 5.34. The molecule has 0 bridgehead atoms. The Balaban J connectivity index is 1.38. The van der Waals surface area contributed by atoms with Crippen molar-refractivity contribution in [2.75, 3.05) is 18.4 Å². The highest BCUT2D eigenvalue weighted by Gasteiger charge is 2.27. The van der Waals surface area contributed by atoms with Crippen molar-refractivity contribution in [1.29, 1.82) is 0 Å². The van der Waals surface area contributed by atoms with Gasteiger partial charge in [0.15, 0.2) is 0 Å². The molecule has 1 N–H and O–H groups in total. The Morgan fingerprint density at radius 2 is 2.00 bits per heavy atom. The predicted molar refractivity (Wildman–Crippen MR) is 123 cm³/mol. The van der Waals surface area contributed by atoms with Crippen LogP contribution in [0.3, 0.4) is 0 Å². The minimum absolute atomic E-state index is 0.0145. The van der Waals surface area contributed by atoms with Gasteiger partial charge < -0.3 is 14.6 Å². The van der Waals surface area contributed by atoms with Gasteiger partial charge in [-0.05, 0) is 57.9 Å². The number of aromatic nitrogens is 2. The van der Waals surface area contributed by atoms with Crippen molar-refractivity contribution in [2.45, 2.75) is 46.3 Å². The quantitative estimate of drug-likeness (QED) is 0.581. The Labute approximate surface area is 188 Å².